The first-order valence-electron chi connectivity index (χ1n) is 7.07. The number of ether oxygens (including phenoxy) is 1. The lowest BCUT2D eigenvalue weighted by Gasteiger charge is -2.04. The summed E-state index contributed by atoms with van der Waals surface area (Å²) in [5.74, 6) is 1.54. The van der Waals surface area contributed by atoms with Crippen molar-refractivity contribution in [3.63, 3.8) is 0 Å². The average Bonchev–Trinajstić information content (AvgIpc) is 3.07. The molecule has 106 valence electrons. The van der Waals surface area contributed by atoms with E-state index in [4.69, 9.17) is 4.74 Å². The zero-order chi connectivity index (χ0) is 14.1. The molecule has 1 aromatic heterocycles. The van der Waals surface area contributed by atoms with E-state index in [1.807, 2.05) is 13.0 Å². The molecule has 1 amide bonds. The number of nitrogens with one attached hydrogen (secondary N) is 1. The largest absolute Gasteiger partial charge is 0.497 e. The lowest BCUT2D eigenvalue weighted by atomic mass is 10.1. The third kappa shape index (κ3) is 2.52. The standard InChI is InChI=1S/C16H19NO2S/c1-3-4-16(18)17-14-8-11(14)13-9-20-15-6-5-10(19-2)7-12(13)15/h5-7,9,11,14H,3-4,8H2,1-2H3,(H,17,18). The molecular formula is C16H19NO2S. The molecule has 1 aromatic carbocycles. The van der Waals surface area contributed by atoms with Crippen molar-refractivity contribution in [1.82, 2.24) is 5.32 Å². The molecule has 20 heavy (non-hydrogen) atoms. The van der Waals surface area contributed by atoms with Crippen LogP contribution in [0.5, 0.6) is 5.75 Å². The summed E-state index contributed by atoms with van der Waals surface area (Å²) < 4.78 is 6.59. The molecule has 0 radical (unpaired) electrons. The van der Waals surface area contributed by atoms with Gasteiger partial charge in [0.1, 0.15) is 5.75 Å². The second-order valence-corrected chi connectivity index (χ2v) is 6.23. The molecular weight excluding hydrogens is 270 g/mol. The fraction of sp³-hybridized carbons (Fsp3) is 0.438. The molecule has 2 unspecified atom stereocenters. The average molecular weight is 289 g/mol. The van der Waals surface area contributed by atoms with Crippen molar-refractivity contribution in [3.8, 4) is 5.75 Å². The number of hydrogen-bond acceptors (Lipinski definition) is 3. The fourth-order valence-electron chi connectivity index (χ4n) is 2.65. The molecule has 1 saturated carbocycles. The zero-order valence-corrected chi connectivity index (χ0v) is 12.6. The highest BCUT2D eigenvalue weighted by Gasteiger charge is 2.40. The van der Waals surface area contributed by atoms with Gasteiger partial charge < -0.3 is 10.1 Å². The van der Waals surface area contributed by atoms with Crippen LogP contribution in [0.1, 0.15) is 37.7 Å². The van der Waals surface area contributed by atoms with Crippen LogP contribution in [0, 0.1) is 0 Å². The van der Waals surface area contributed by atoms with Crippen LogP contribution in [-0.2, 0) is 4.79 Å². The Morgan fingerprint density at radius 1 is 1.50 bits per heavy atom. The van der Waals surface area contributed by atoms with Crippen molar-refractivity contribution < 1.29 is 9.53 Å². The SMILES string of the molecule is CCCC(=O)NC1CC1c1csc2ccc(OC)cc12. The molecule has 1 heterocycles. The molecule has 1 aliphatic carbocycles. The van der Waals surface area contributed by atoms with Gasteiger partial charge in [0.15, 0.2) is 0 Å². The third-order valence-corrected chi connectivity index (χ3v) is 4.81. The molecule has 0 bridgehead atoms. The van der Waals surface area contributed by atoms with E-state index in [9.17, 15) is 4.79 Å². The van der Waals surface area contributed by atoms with Crippen LogP contribution < -0.4 is 10.1 Å². The smallest absolute Gasteiger partial charge is 0.220 e. The Bertz CT molecular complexity index is 634. The van der Waals surface area contributed by atoms with Gasteiger partial charge in [-0.3, -0.25) is 4.79 Å². The maximum atomic E-state index is 11.6. The molecule has 1 aliphatic rings. The second-order valence-electron chi connectivity index (χ2n) is 5.32. The van der Waals surface area contributed by atoms with Gasteiger partial charge in [-0.25, -0.2) is 0 Å². The predicted molar refractivity (Wildman–Crippen MR) is 82.6 cm³/mol. The fourth-order valence-corrected chi connectivity index (χ4v) is 3.65. The molecule has 1 fully saturated rings. The van der Waals surface area contributed by atoms with Crippen molar-refractivity contribution in [2.75, 3.05) is 7.11 Å². The molecule has 1 N–H and O–H groups in total. The van der Waals surface area contributed by atoms with E-state index in [1.165, 1.54) is 15.6 Å². The quantitative estimate of drug-likeness (QED) is 0.911. The minimum absolute atomic E-state index is 0.178. The lowest BCUT2D eigenvalue weighted by Crippen LogP contribution is -2.25. The number of carbonyl (C=O) groups excluding carboxylic acids is 1. The molecule has 0 spiro atoms. The van der Waals surface area contributed by atoms with E-state index < -0.39 is 0 Å². The van der Waals surface area contributed by atoms with Crippen molar-refractivity contribution in [2.45, 2.75) is 38.1 Å². The number of fused-ring (bicyclic) bond motifs is 1. The van der Waals surface area contributed by atoms with Crippen molar-refractivity contribution in [3.05, 3.63) is 29.1 Å². The normalized spacial score (nSPS) is 20.9. The monoisotopic (exact) mass is 289 g/mol. The first-order chi connectivity index (χ1) is 9.72. The summed E-state index contributed by atoms with van der Waals surface area (Å²) in [6.07, 6.45) is 2.59. The Balaban J connectivity index is 1.77. The van der Waals surface area contributed by atoms with Gasteiger partial charge >= 0.3 is 0 Å². The number of carbonyl (C=O) groups is 1. The molecule has 2 atom stereocenters. The van der Waals surface area contributed by atoms with Gasteiger partial charge in [0, 0.05) is 23.1 Å². The van der Waals surface area contributed by atoms with Crippen LogP contribution >= 0.6 is 11.3 Å². The lowest BCUT2D eigenvalue weighted by molar-refractivity contribution is -0.121. The summed E-state index contributed by atoms with van der Waals surface area (Å²) in [7, 11) is 1.69. The zero-order valence-electron chi connectivity index (χ0n) is 11.8. The topological polar surface area (TPSA) is 38.3 Å². The summed E-state index contributed by atoms with van der Waals surface area (Å²) in [6.45, 7) is 2.03. The van der Waals surface area contributed by atoms with Crippen LogP contribution in [0.3, 0.4) is 0 Å². The molecule has 3 nitrogen and oxygen atoms in total. The van der Waals surface area contributed by atoms with Gasteiger partial charge in [-0.15, -0.1) is 11.3 Å². The number of rotatable bonds is 5. The number of methoxy groups -OCH3 is 1. The van der Waals surface area contributed by atoms with E-state index in [1.54, 1.807) is 18.4 Å². The van der Waals surface area contributed by atoms with E-state index >= 15 is 0 Å². The Labute approximate surface area is 122 Å². The summed E-state index contributed by atoms with van der Waals surface area (Å²) in [5, 5.41) is 6.61. The molecule has 3 rings (SSSR count). The van der Waals surface area contributed by atoms with E-state index in [0.29, 0.717) is 18.4 Å². The highest BCUT2D eigenvalue weighted by molar-refractivity contribution is 7.17. The van der Waals surface area contributed by atoms with Crippen molar-refractivity contribution >= 4 is 27.3 Å². The number of hydrogen-bond donors (Lipinski definition) is 1. The molecule has 2 aromatic rings. The summed E-state index contributed by atoms with van der Waals surface area (Å²) in [5.41, 5.74) is 1.35. The highest BCUT2D eigenvalue weighted by atomic mass is 32.1. The maximum absolute atomic E-state index is 11.6. The first kappa shape index (κ1) is 13.4. The summed E-state index contributed by atoms with van der Waals surface area (Å²) >= 11 is 1.76. The van der Waals surface area contributed by atoms with Crippen LogP contribution in [0.25, 0.3) is 10.1 Å². The second kappa shape index (κ2) is 5.44. The first-order valence-corrected chi connectivity index (χ1v) is 7.95. The third-order valence-electron chi connectivity index (χ3n) is 3.82. The van der Waals surface area contributed by atoms with Gasteiger partial charge in [0.05, 0.1) is 7.11 Å². The number of amides is 1. The van der Waals surface area contributed by atoms with Gasteiger partial charge in [0.25, 0.3) is 0 Å². The Kier molecular flexibility index (Phi) is 3.66. The van der Waals surface area contributed by atoms with Crippen molar-refractivity contribution in [1.29, 1.82) is 0 Å². The summed E-state index contributed by atoms with van der Waals surface area (Å²) in [6, 6.07) is 6.52. The minimum atomic E-state index is 0.178. The van der Waals surface area contributed by atoms with Crippen LogP contribution in [0.4, 0.5) is 0 Å². The van der Waals surface area contributed by atoms with E-state index in [2.05, 4.69) is 22.8 Å². The number of thiophene rings is 1. The van der Waals surface area contributed by atoms with E-state index in [-0.39, 0.29) is 5.91 Å². The van der Waals surface area contributed by atoms with Gasteiger partial charge in [-0.05, 0) is 47.4 Å². The Morgan fingerprint density at radius 2 is 2.35 bits per heavy atom. The van der Waals surface area contributed by atoms with Gasteiger partial charge in [-0.2, -0.15) is 0 Å². The van der Waals surface area contributed by atoms with Gasteiger partial charge in [-0.1, -0.05) is 6.92 Å². The minimum Gasteiger partial charge on any atom is -0.497 e. The molecule has 4 heteroatoms. The van der Waals surface area contributed by atoms with Crippen LogP contribution in [-0.4, -0.2) is 19.1 Å². The number of benzene rings is 1. The van der Waals surface area contributed by atoms with Crippen molar-refractivity contribution in [2.24, 2.45) is 0 Å². The van der Waals surface area contributed by atoms with E-state index in [0.717, 1.165) is 18.6 Å². The predicted octanol–water partition coefficient (Wildman–Crippen LogP) is 3.68. The van der Waals surface area contributed by atoms with Gasteiger partial charge in [0.2, 0.25) is 5.91 Å². The summed E-state index contributed by atoms with van der Waals surface area (Å²) in [4.78, 5) is 11.6. The molecule has 0 aliphatic heterocycles. The molecule has 0 saturated heterocycles. The highest BCUT2D eigenvalue weighted by Crippen LogP contribution is 2.46. The Morgan fingerprint density at radius 3 is 3.10 bits per heavy atom. The van der Waals surface area contributed by atoms with Crippen LogP contribution in [0.15, 0.2) is 23.6 Å². The maximum Gasteiger partial charge on any atom is 0.220 e. The Hall–Kier alpha value is -1.55. The van der Waals surface area contributed by atoms with Crippen LogP contribution in [0.2, 0.25) is 0 Å².